The number of thiophene rings is 1. The number of rotatable bonds is 5. The molecule has 0 spiro atoms. The van der Waals surface area contributed by atoms with Gasteiger partial charge in [0, 0.05) is 44.2 Å². The number of amides is 1. The predicted octanol–water partition coefficient (Wildman–Crippen LogP) is 6.85. The minimum absolute atomic E-state index is 0.194. The number of anilines is 1. The number of carbonyl (C=O) groups is 1. The summed E-state index contributed by atoms with van der Waals surface area (Å²) >= 11 is 1.75. The van der Waals surface area contributed by atoms with E-state index in [4.69, 9.17) is 4.98 Å². The van der Waals surface area contributed by atoms with Crippen LogP contribution in [0.2, 0.25) is 0 Å². The third-order valence-corrected chi connectivity index (χ3v) is 7.58. The minimum atomic E-state index is -0.194. The van der Waals surface area contributed by atoms with Gasteiger partial charge in [0.15, 0.2) is 0 Å². The Morgan fingerprint density at radius 1 is 0.897 bits per heavy atom. The van der Waals surface area contributed by atoms with E-state index < -0.39 is 0 Å². The van der Waals surface area contributed by atoms with Gasteiger partial charge in [-0.1, -0.05) is 18.2 Å². The van der Waals surface area contributed by atoms with Crippen molar-refractivity contribution in [1.29, 1.82) is 0 Å². The Labute approximate surface area is 226 Å². The van der Waals surface area contributed by atoms with Crippen LogP contribution in [0, 0.1) is 6.92 Å². The van der Waals surface area contributed by atoms with Gasteiger partial charge < -0.3 is 10.3 Å². The summed E-state index contributed by atoms with van der Waals surface area (Å²) in [6.45, 7) is 2.10. The Morgan fingerprint density at radius 3 is 2.62 bits per heavy atom. The molecule has 1 aromatic carbocycles. The fourth-order valence-corrected chi connectivity index (χ4v) is 5.53. The molecule has 9 heteroatoms. The fourth-order valence-electron chi connectivity index (χ4n) is 4.64. The maximum Gasteiger partial charge on any atom is 0.255 e. The van der Waals surface area contributed by atoms with Crippen LogP contribution < -0.4 is 5.32 Å². The van der Waals surface area contributed by atoms with Crippen LogP contribution in [0.3, 0.4) is 0 Å². The number of nitrogens with zero attached hydrogens (tertiary/aromatic N) is 4. The maximum atomic E-state index is 12.6. The van der Waals surface area contributed by atoms with Gasteiger partial charge in [0.2, 0.25) is 0 Å². The van der Waals surface area contributed by atoms with Crippen molar-refractivity contribution in [3.8, 4) is 33.1 Å². The largest absolute Gasteiger partial charge is 0.352 e. The van der Waals surface area contributed by atoms with Gasteiger partial charge in [0.1, 0.15) is 11.2 Å². The lowest BCUT2D eigenvalue weighted by atomic mass is 10.1. The molecule has 0 aliphatic heterocycles. The second kappa shape index (κ2) is 9.30. The smallest absolute Gasteiger partial charge is 0.255 e. The van der Waals surface area contributed by atoms with Crippen LogP contribution in [0.1, 0.15) is 15.2 Å². The first kappa shape index (κ1) is 23.0. The number of H-pyrrole nitrogens is 2. The Morgan fingerprint density at radius 2 is 1.77 bits per heavy atom. The summed E-state index contributed by atoms with van der Waals surface area (Å²) in [5.41, 5.74) is 7.83. The zero-order valence-corrected chi connectivity index (χ0v) is 21.6. The lowest BCUT2D eigenvalue weighted by molar-refractivity contribution is 0.102. The summed E-state index contributed by atoms with van der Waals surface area (Å²) in [5.74, 6) is -0.194. The number of pyridine rings is 3. The molecule has 0 bridgehead atoms. The third kappa shape index (κ3) is 4.24. The molecule has 188 valence electrons. The van der Waals surface area contributed by atoms with E-state index in [2.05, 4.69) is 55.6 Å². The standard InChI is InChI=1S/C30H21N7OS/c1-17-7-10-27(39-17)22-15-32-16-26-21(22)12-25(34-26)29-28-24(36-37-29)9-8-23(35-28)19-11-20(14-31-13-19)33-30(38)18-5-3-2-4-6-18/h2-16,34H,1H3,(H,33,38)(H,36,37). The van der Waals surface area contributed by atoms with E-state index >= 15 is 0 Å². The Bertz CT molecular complexity index is 1990. The molecule has 8 nitrogen and oxygen atoms in total. The monoisotopic (exact) mass is 527 g/mol. The second-order valence-corrected chi connectivity index (χ2v) is 10.5. The molecule has 6 heterocycles. The lowest BCUT2D eigenvalue weighted by Crippen LogP contribution is -2.11. The van der Waals surface area contributed by atoms with Crippen molar-refractivity contribution in [2.45, 2.75) is 6.92 Å². The molecule has 7 rings (SSSR count). The normalized spacial score (nSPS) is 11.3. The van der Waals surface area contributed by atoms with Gasteiger partial charge in [0.05, 0.1) is 40.5 Å². The highest BCUT2D eigenvalue weighted by atomic mass is 32.1. The van der Waals surface area contributed by atoms with Crippen LogP contribution in [0.15, 0.2) is 91.5 Å². The number of aromatic amines is 2. The fraction of sp³-hybridized carbons (Fsp3) is 0.0333. The summed E-state index contributed by atoms with van der Waals surface area (Å²) in [5, 5.41) is 11.7. The van der Waals surface area contributed by atoms with Crippen LogP contribution in [0.25, 0.3) is 55.0 Å². The van der Waals surface area contributed by atoms with E-state index in [9.17, 15) is 4.79 Å². The third-order valence-electron chi connectivity index (χ3n) is 6.54. The lowest BCUT2D eigenvalue weighted by Gasteiger charge is -2.07. The van der Waals surface area contributed by atoms with Crippen LogP contribution in [-0.4, -0.2) is 36.0 Å². The molecule has 0 unspecified atom stereocenters. The molecule has 0 aliphatic carbocycles. The van der Waals surface area contributed by atoms with Crippen LogP contribution in [0.4, 0.5) is 5.69 Å². The molecule has 0 atom stereocenters. The SMILES string of the molecule is Cc1ccc(-c2cncc3[nH]c(-c4n[nH]c5ccc(-c6cncc(NC(=O)c7ccccc7)c6)nc45)cc23)s1. The first-order valence-corrected chi connectivity index (χ1v) is 13.1. The van der Waals surface area contributed by atoms with Gasteiger partial charge in [-0.3, -0.25) is 19.9 Å². The van der Waals surface area contributed by atoms with Crippen molar-refractivity contribution in [1.82, 2.24) is 30.1 Å². The number of aromatic nitrogens is 6. The summed E-state index contributed by atoms with van der Waals surface area (Å²) < 4.78 is 0. The number of hydrogen-bond acceptors (Lipinski definition) is 6. The van der Waals surface area contributed by atoms with Gasteiger partial charge >= 0.3 is 0 Å². The second-order valence-electron chi connectivity index (χ2n) is 9.19. The first-order valence-electron chi connectivity index (χ1n) is 12.3. The number of fused-ring (bicyclic) bond motifs is 2. The van der Waals surface area contributed by atoms with E-state index in [0.29, 0.717) is 11.3 Å². The predicted molar refractivity (Wildman–Crippen MR) is 155 cm³/mol. The Kier molecular flexibility index (Phi) is 5.49. The minimum Gasteiger partial charge on any atom is -0.352 e. The molecular weight excluding hydrogens is 506 g/mol. The van der Waals surface area contributed by atoms with Gasteiger partial charge in [-0.15, -0.1) is 11.3 Å². The first-order chi connectivity index (χ1) is 19.1. The van der Waals surface area contributed by atoms with Crippen molar-refractivity contribution < 1.29 is 4.79 Å². The summed E-state index contributed by atoms with van der Waals surface area (Å²) in [4.78, 5) is 32.2. The molecule has 0 fully saturated rings. The van der Waals surface area contributed by atoms with Gasteiger partial charge in [-0.2, -0.15) is 5.10 Å². The van der Waals surface area contributed by atoms with Crippen molar-refractivity contribution >= 4 is 44.9 Å². The maximum absolute atomic E-state index is 12.6. The molecular formula is C30H21N7OS. The highest BCUT2D eigenvalue weighted by Gasteiger charge is 2.16. The quantitative estimate of drug-likeness (QED) is 0.227. The number of carbonyl (C=O) groups excluding carboxylic acids is 1. The Hall–Kier alpha value is -5.15. The van der Waals surface area contributed by atoms with Gasteiger partial charge in [-0.05, 0) is 55.5 Å². The average molecular weight is 528 g/mol. The average Bonchev–Trinajstić information content (AvgIpc) is 3.71. The van der Waals surface area contributed by atoms with Crippen molar-refractivity contribution in [2.24, 2.45) is 0 Å². The van der Waals surface area contributed by atoms with Gasteiger partial charge in [-0.25, -0.2) is 4.98 Å². The van der Waals surface area contributed by atoms with Crippen molar-refractivity contribution in [2.75, 3.05) is 5.32 Å². The van der Waals surface area contributed by atoms with Crippen molar-refractivity contribution in [3.05, 3.63) is 102 Å². The number of nitrogens with one attached hydrogen (secondary N) is 3. The molecule has 3 N–H and O–H groups in total. The highest BCUT2D eigenvalue weighted by molar-refractivity contribution is 7.15. The van der Waals surface area contributed by atoms with Crippen LogP contribution in [0.5, 0.6) is 0 Å². The molecule has 0 saturated carbocycles. The molecule has 7 aromatic rings. The molecule has 0 aliphatic rings. The van der Waals surface area contributed by atoms with Crippen LogP contribution >= 0.6 is 11.3 Å². The number of hydrogen-bond donors (Lipinski definition) is 3. The zero-order valence-electron chi connectivity index (χ0n) is 20.8. The summed E-state index contributed by atoms with van der Waals surface area (Å²) in [6, 6.07) is 21.2. The molecule has 0 radical (unpaired) electrons. The molecule has 6 aromatic heterocycles. The molecule has 0 saturated heterocycles. The van der Waals surface area contributed by atoms with E-state index in [1.165, 1.54) is 9.75 Å². The van der Waals surface area contributed by atoms with E-state index in [0.717, 1.165) is 50.1 Å². The van der Waals surface area contributed by atoms with Crippen LogP contribution in [-0.2, 0) is 0 Å². The summed E-state index contributed by atoms with van der Waals surface area (Å²) in [7, 11) is 0. The summed E-state index contributed by atoms with van der Waals surface area (Å²) in [6.07, 6.45) is 7.09. The Balaban J connectivity index is 1.25. The highest BCUT2D eigenvalue weighted by Crippen LogP contribution is 2.36. The van der Waals surface area contributed by atoms with E-state index in [1.807, 2.05) is 48.8 Å². The number of aryl methyl sites for hydroxylation is 1. The molecule has 1 amide bonds. The van der Waals surface area contributed by atoms with Crippen molar-refractivity contribution in [3.63, 3.8) is 0 Å². The molecule has 39 heavy (non-hydrogen) atoms. The zero-order chi connectivity index (χ0) is 26.3. The van der Waals surface area contributed by atoms with E-state index in [-0.39, 0.29) is 5.91 Å². The topological polar surface area (TPSA) is 112 Å². The number of benzene rings is 1. The van der Waals surface area contributed by atoms with E-state index in [1.54, 1.807) is 35.9 Å². The van der Waals surface area contributed by atoms with Gasteiger partial charge in [0.25, 0.3) is 5.91 Å².